The molecule has 2 aliphatic rings. The molecule has 0 aromatic carbocycles. The number of amides is 2. The number of rotatable bonds is 4. The number of primary amides is 1. The van der Waals surface area contributed by atoms with E-state index in [2.05, 4.69) is 4.90 Å². The number of carboxylic acids is 1. The number of nitrogens with two attached hydrogens (primary N) is 1. The lowest BCUT2D eigenvalue weighted by atomic mass is 9.83. The molecule has 2 aliphatic heterocycles. The molecule has 7 heteroatoms. The molecule has 0 bridgehead atoms. The van der Waals surface area contributed by atoms with Crippen LogP contribution in [0, 0.1) is 0 Å². The summed E-state index contributed by atoms with van der Waals surface area (Å²) in [6.45, 7) is 2.58. The summed E-state index contributed by atoms with van der Waals surface area (Å²) in [4.78, 5) is 38.2. The van der Waals surface area contributed by atoms with Crippen LogP contribution in [0.4, 0.5) is 0 Å². The summed E-state index contributed by atoms with van der Waals surface area (Å²) in [5.74, 6) is -1.80. The van der Waals surface area contributed by atoms with Crippen molar-refractivity contribution in [3.63, 3.8) is 0 Å². The van der Waals surface area contributed by atoms with Crippen LogP contribution in [0.2, 0.25) is 0 Å². The predicted molar refractivity (Wildman–Crippen MR) is 79.9 cm³/mol. The first-order valence-electron chi connectivity index (χ1n) is 7.70. The normalized spacial score (nSPS) is 22.6. The molecule has 2 fully saturated rings. The Morgan fingerprint density at radius 2 is 1.55 bits per heavy atom. The van der Waals surface area contributed by atoms with Crippen LogP contribution in [0.5, 0.6) is 0 Å². The van der Waals surface area contributed by atoms with Crippen LogP contribution >= 0.6 is 0 Å². The average molecular weight is 309 g/mol. The van der Waals surface area contributed by atoms with E-state index in [4.69, 9.17) is 10.8 Å². The Morgan fingerprint density at radius 3 is 2.05 bits per heavy atom. The molecule has 22 heavy (non-hydrogen) atoms. The summed E-state index contributed by atoms with van der Waals surface area (Å²) < 4.78 is 0. The van der Waals surface area contributed by atoms with Crippen molar-refractivity contribution in [3.8, 4) is 0 Å². The van der Waals surface area contributed by atoms with Crippen molar-refractivity contribution >= 4 is 17.8 Å². The van der Waals surface area contributed by atoms with Gasteiger partial charge in [-0.15, -0.1) is 0 Å². The van der Waals surface area contributed by atoms with Crippen LogP contribution in [0.25, 0.3) is 0 Å². The molecule has 2 saturated heterocycles. The van der Waals surface area contributed by atoms with Crippen LogP contribution in [0.3, 0.4) is 0 Å². The molecule has 0 aliphatic carbocycles. The number of carbonyl (C=O) groups is 3. The van der Waals surface area contributed by atoms with Crippen LogP contribution in [0.1, 0.15) is 32.1 Å². The van der Waals surface area contributed by atoms with Crippen LogP contribution < -0.4 is 5.73 Å². The summed E-state index contributed by atoms with van der Waals surface area (Å²) in [7, 11) is 0. The molecule has 2 rings (SSSR count). The van der Waals surface area contributed by atoms with Gasteiger partial charge >= 0.3 is 5.97 Å². The number of piperidine rings is 2. The van der Waals surface area contributed by atoms with Crippen molar-refractivity contribution in [1.82, 2.24) is 9.80 Å². The summed E-state index contributed by atoms with van der Waals surface area (Å²) >= 11 is 0. The zero-order valence-electron chi connectivity index (χ0n) is 12.7. The zero-order valence-corrected chi connectivity index (χ0v) is 12.7. The van der Waals surface area contributed by atoms with Gasteiger partial charge in [0.05, 0.1) is 0 Å². The SMILES string of the molecule is NC(=O)C1(N2CCCCC2)CCN(C(=O)C=CC(=O)O)CC1. The van der Waals surface area contributed by atoms with E-state index in [1.807, 2.05) is 0 Å². The Morgan fingerprint density at radius 1 is 0.955 bits per heavy atom. The molecule has 0 aromatic heterocycles. The molecule has 2 heterocycles. The van der Waals surface area contributed by atoms with E-state index >= 15 is 0 Å². The molecule has 0 atom stereocenters. The largest absolute Gasteiger partial charge is 0.478 e. The molecular formula is C15H23N3O4. The molecule has 3 N–H and O–H groups in total. The van der Waals surface area contributed by atoms with E-state index in [0.717, 1.165) is 38.1 Å². The first kappa shape index (κ1) is 16.5. The third kappa shape index (κ3) is 3.47. The van der Waals surface area contributed by atoms with Crippen LogP contribution in [0.15, 0.2) is 12.2 Å². The van der Waals surface area contributed by atoms with Crippen LogP contribution in [-0.4, -0.2) is 64.4 Å². The summed E-state index contributed by atoms with van der Waals surface area (Å²) in [5, 5.41) is 8.56. The van der Waals surface area contributed by atoms with Gasteiger partial charge in [-0.25, -0.2) is 4.79 Å². The molecule has 7 nitrogen and oxygen atoms in total. The minimum Gasteiger partial charge on any atom is -0.478 e. The number of carbonyl (C=O) groups excluding carboxylic acids is 2. The second kappa shape index (κ2) is 6.91. The second-order valence-electron chi connectivity index (χ2n) is 5.94. The van der Waals surface area contributed by atoms with Crippen molar-refractivity contribution in [2.75, 3.05) is 26.2 Å². The maximum atomic E-state index is 12.1. The first-order chi connectivity index (χ1) is 10.5. The molecule has 122 valence electrons. The van der Waals surface area contributed by atoms with Gasteiger partial charge in [0, 0.05) is 25.2 Å². The van der Waals surface area contributed by atoms with E-state index < -0.39 is 11.5 Å². The quantitative estimate of drug-likeness (QED) is 0.709. The molecule has 0 unspecified atom stereocenters. The number of hydrogen-bond acceptors (Lipinski definition) is 4. The molecule has 2 amide bonds. The summed E-state index contributed by atoms with van der Waals surface area (Å²) in [5.41, 5.74) is 5.02. The van der Waals surface area contributed by atoms with Crippen molar-refractivity contribution < 1.29 is 19.5 Å². The van der Waals surface area contributed by atoms with Gasteiger partial charge in [-0.05, 0) is 38.8 Å². The molecule has 0 aromatic rings. The van der Waals surface area contributed by atoms with Crippen molar-refractivity contribution in [1.29, 1.82) is 0 Å². The number of nitrogens with zero attached hydrogens (tertiary/aromatic N) is 2. The van der Waals surface area contributed by atoms with Gasteiger partial charge in [-0.2, -0.15) is 0 Å². The Hall–Kier alpha value is -1.89. The predicted octanol–water partition coefficient (Wildman–Crippen LogP) is -0.0404. The number of hydrogen-bond donors (Lipinski definition) is 2. The number of aliphatic carboxylic acids is 1. The zero-order chi connectivity index (χ0) is 16.2. The second-order valence-corrected chi connectivity index (χ2v) is 5.94. The summed E-state index contributed by atoms with van der Waals surface area (Å²) in [6, 6.07) is 0. The molecule has 0 spiro atoms. The van der Waals surface area contributed by atoms with Crippen molar-refractivity contribution in [2.45, 2.75) is 37.6 Å². The molecular weight excluding hydrogens is 286 g/mol. The van der Waals surface area contributed by atoms with Crippen LogP contribution in [-0.2, 0) is 14.4 Å². The highest BCUT2D eigenvalue weighted by atomic mass is 16.4. The van der Waals surface area contributed by atoms with E-state index in [1.54, 1.807) is 4.90 Å². The topological polar surface area (TPSA) is 104 Å². The monoisotopic (exact) mass is 309 g/mol. The Balaban J connectivity index is 2.02. The Labute approximate surface area is 129 Å². The van der Waals surface area contributed by atoms with E-state index in [-0.39, 0.29) is 11.8 Å². The maximum Gasteiger partial charge on any atom is 0.328 e. The fraction of sp³-hybridized carbons (Fsp3) is 0.667. The lowest BCUT2D eigenvalue weighted by molar-refractivity contribution is -0.139. The van der Waals surface area contributed by atoms with Gasteiger partial charge < -0.3 is 15.7 Å². The lowest BCUT2D eigenvalue weighted by Gasteiger charge is -2.48. The van der Waals surface area contributed by atoms with E-state index in [9.17, 15) is 14.4 Å². The number of likely N-dealkylation sites (tertiary alicyclic amines) is 2. The first-order valence-corrected chi connectivity index (χ1v) is 7.70. The van der Waals surface area contributed by atoms with E-state index in [1.165, 1.54) is 6.42 Å². The Kier molecular flexibility index (Phi) is 5.18. The highest BCUT2D eigenvalue weighted by Crippen LogP contribution is 2.31. The van der Waals surface area contributed by atoms with Crippen molar-refractivity contribution in [2.24, 2.45) is 5.73 Å². The van der Waals surface area contributed by atoms with Gasteiger partial charge in [0.25, 0.3) is 0 Å². The smallest absolute Gasteiger partial charge is 0.328 e. The highest BCUT2D eigenvalue weighted by Gasteiger charge is 2.45. The van der Waals surface area contributed by atoms with E-state index in [0.29, 0.717) is 25.9 Å². The highest BCUT2D eigenvalue weighted by molar-refractivity contribution is 5.94. The van der Waals surface area contributed by atoms with Gasteiger partial charge in [0.1, 0.15) is 5.54 Å². The Bertz CT molecular complexity index is 475. The molecule has 0 saturated carbocycles. The lowest BCUT2D eigenvalue weighted by Crippen LogP contribution is -2.63. The van der Waals surface area contributed by atoms with Gasteiger partial charge in [-0.1, -0.05) is 6.42 Å². The fourth-order valence-corrected chi connectivity index (χ4v) is 3.39. The minimum absolute atomic E-state index is 0.317. The standard InChI is InChI=1S/C15H23N3O4/c16-14(22)15(18-8-2-1-3-9-18)6-10-17(11-7-15)12(19)4-5-13(20)21/h4-5H,1-3,6-11H2,(H2,16,22)(H,20,21). The van der Waals surface area contributed by atoms with Crippen molar-refractivity contribution in [3.05, 3.63) is 12.2 Å². The van der Waals surface area contributed by atoms with Gasteiger partial charge in [0.15, 0.2) is 0 Å². The van der Waals surface area contributed by atoms with Gasteiger partial charge in [-0.3, -0.25) is 14.5 Å². The fourth-order valence-electron chi connectivity index (χ4n) is 3.39. The third-order valence-electron chi connectivity index (χ3n) is 4.69. The average Bonchev–Trinajstić information content (AvgIpc) is 2.53. The van der Waals surface area contributed by atoms with Gasteiger partial charge in [0.2, 0.25) is 11.8 Å². The summed E-state index contributed by atoms with van der Waals surface area (Å²) in [6.07, 6.45) is 6.22. The maximum absolute atomic E-state index is 12.1. The number of carboxylic acid groups (broad SMARTS) is 1. The molecule has 0 radical (unpaired) electrons. The minimum atomic E-state index is -1.15. The third-order valence-corrected chi connectivity index (χ3v) is 4.69.